The largest absolute Gasteiger partial charge is 0.488 e. The van der Waals surface area contributed by atoms with Crippen LogP contribution in [0.25, 0.3) is 39.1 Å². The van der Waals surface area contributed by atoms with Gasteiger partial charge in [-0.3, -0.25) is 19.6 Å². The van der Waals surface area contributed by atoms with Crippen molar-refractivity contribution in [1.29, 1.82) is 0 Å². The van der Waals surface area contributed by atoms with Gasteiger partial charge in [0.2, 0.25) is 5.91 Å². The lowest BCUT2D eigenvalue weighted by molar-refractivity contribution is -0.138. The Morgan fingerprint density at radius 2 is 1.79 bits per heavy atom. The Bertz CT molecular complexity index is 2160. The maximum atomic E-state index is 15.1. The molecule has 3 aromatic carbocycles. The van der Waals surface area contributed by atoms with Crippen LogP contribution in [-0.2, 0) is 19.1 Å². The number of hydrogen-bond donors (Lipinski definition) is 2. The van der Waals surface area contributed by atoms with Crippen molar-refractivity contribution in [1.82, 2.24) is 30.0 Å². The van der Waals surface area contributed by atoms with E-state index in [0.29, 0.717) is 73.0 Å². The first-order chi connectivity index (χ1) is 25.8. The van der Waals surface area contributed by atoms with Gasteiger partial charge in [0.1, 0.15) is 18.1 Å². The summed E-state index contributed by atoms with van der Waals surface area (Å²) in [7, 11) is 3.04. The Morgan fingerprint density at radius 3 is 2.55 bits per heavy atom. The van der Waals surface area contributed by atoms with Crippen LogP contribution in [0.2, 0.25) is 0 Å². The molecule has 2 aliphatic rings. The second-order valence-electron chi connectivity index (χ2n) is 13.0. The summed E-state index contributed by atoms with van der Waals surface area (Å²) in [6.07, 6.45) is 6.04. The molecule has 0 bridgehead atoms. The van der Waals surface area contributed by atoms with Crippen molar-refractivity contribution in [3.63, 3.8) is 0 Å². The van der Waals surface area contributed by atoms with E-state index in [1.165, 1.54) is 19.2 Å². The average molecular weight is 724 g/mol. The molecule has 1 atom stereocenters. The summed E-state index contributed by atoms with van der Waals surface area (Å²) in [4.78, 5) is 39.2. The number of ether oxygens (including phenoxy) is 3. The SMILES string of the molecule is COCCOc1cc(-c2n[nH]c3ccc(NC(=O)[C@]4(OC)CCN(CC(=O)N5CC=C(c6ccc(-c7ncccn7)cc6F)CC5)C4)cc23)ccc1F. The van der Waals surface area contributed by atoms with E-state index in [1.807, 2.05) is 17.0 Å². The lowest BCUT2D eigenvalue weighted by atomic mass is 9.97. The van der Waals surface area contributed by atoms with Crippen LogP contribution < -0.4 is 10.1 Å². The molecule has 53 heavy (non-hydrogen) atoms. The van der Waals surface area contributed by atoms with Crippen LogP contribution in [0.1, 0.15) is 18.4 Å². The molecule has 7 rings (SSSR count). The molecule has 2 amide bonds. The van der Waals surface area contributed by atoms with Gasteiger partial charge in [-0.25, -0.2) is 18.7 Å². The Hall–Kier alpha value is -5.57. The molecule has 4 heterocycles. The predicted molar refractivity (Wildman–Crippen MR) is 195 cm³/mol. The number of halogens is 2. The fourth-order valence-electron chi connectivity index (χ4n) is 6.79. The first-order valence-electron chi connectivity index (χ1n) is 17.3. The van der Waals surface area contributed by atoms with Crippen LogP contribution in [-0.4, -0.2) is 108 Å². The molecule has 0 unspecified atom stereocenters. The van der Waals surface area contributed by atoms with Gasteiger partial charge in [-0.1, -0.05) is 18.2 Å². The van der Waals surface area contributed by atoms with Crippen LogP contribution in [0.15, 0.2) is 79.1 Å². The zero-order chi connectivity index (χ0) is 37.0. The van der Waals surface area contributed by atoms with Gasteiger partial charge >= 0.3 is 0 Å². The number of methoxy groups -OCH3 is 2. The Kier molecular flexibility index (Phi) is 10.5. The molecule has 14 heteroatoms. The number of anilines is 1. The highest BCUT2D eigenvalue weighted by atomic mass is 19.1. The molecule has 1 saturated heterocycles. The Balaban J connectivity index is 0.972. The van der Waals surface area contributed by atoms with E-state index in [4.69, 9.17) is 14.2 Å². The van der Waals surface area contributed by atoms with Crippen LogP contribution in [0.3, 0.4) is 0 Å². The van der Waals surface area contributed by atoms with Gasteiger partial charge in [0.05, 0.1) is 18.7 Å². The monoisotopic (exact) mass is 723 g/mol. The van der Waals surface area contributed by atoms with E-state index in [-0.39, 0.29) is 43.1 Å². The molecule has 0 spiro atoms. The minimum absolute atomic E-state index is 0.0735. The third kappa shape index (κ3) is 7.65. The summed E-state index contributed by atoms with van der Waals surface area (Å²) in [5, 5.41) is 11.2. The first-order valence-corrected chi connectivity index (χ1v) is 17.3. The number of aromatic nitrogens is 4. The number of fused-ring (bicyclic) bond motifs is 1. The number of aromatic amines is 1. The topological polar surface area (TPSA) is 135 Å². The number of hydrogen-bond acceptors (Lipinski definition) is 9. The summed E-state index contributed by atoms with van der Waals surface area (Å²) >= 11 is 0. The molecule has 2 N–H and O–H groups in total. The average Bonchev–Trinajstić information content (AvgIpc) is 3.81. The third-order valence-electron chi connectivity index (χ3n) is 9.75. The van der Waals surface area contributed by atoms with Crippen molar-refractivity contribution in [3.8, 4) is 28.4 Å². The molecule has 0 aliphatic carbocycles. The molecule has 0 saturated carbocycles. The number of carbonyl (C=O) groups is 2. The van der Waals surface area contributed by atoms with Gasteiger partial charge in [0, 0.05) is 80.6 Å². The van der Waals surface area contributed by atoms with Crippen molar-refractivity contribution in [3.05, 3.63) is 96.3 Å². The lowest BCUT2D eigenvalue weighted by Crippen LogP contribution is -2.48. The van der Waals surface area contributed by atoms with Gasteiger partial charge in [0.25, 0.3) is 5.91 Å². The van der Waals surface area contributed by atoms with E-state index in [1.54, 1.807) is 66.9 Å². The van der Waals surface area contributed by atoms with Crippen LogP contribution in [0.4, 0.5) is 14.5 Å². The minimum atomic E-state index is -1.16. The standard InChI is InChI=1S/C39H39F2N7O5/c1-51-18-19-53-34-21-26(5-8-31(34)40)36-30-22-28(6-9-33(30)45-46-36)44-38(50)39(52-2)12-17-47(24-39)23-35(49)48-15-10-25(11-16-48)29-7-4-27(20-32(29)41)37-42-13-3-14-43-37/h3-10,13-14,20-22H,11-12,15-19,23-24H2,1-2H3,(H,44,50)(H,45,46)/t39-/m0/s1. The number of nitrogens with zero attached hydrogens (tertiary/aromatic N) is 5. The summed E-state index contributed by atoms with van der Waals surface area (Å²) < 4.78 is 45.9. The highest BCUT2D eigenvalue weighted by Crippen LogP contribution is 2.33. The molecule has 1 fully saturated rings. The van der Waals surface area contributed by atoms with Gasteiger partial charge in [-0.15, -0.1) is 0 Å². The number of H-pyrrole nitrogens is 1. The molecule has 2 aliphatic heterocycles. The van der Waals surface area contributed by atoms with Crippen molar-refractivity contribution < 1.29 is 32.6 Å². The van der Waals surface area contributed by atoms with Crippen LogP contribution >= 0.6 is 0 Å². The fourth-order valence-corrected chi connectivity index (χ4v) is 6.79. The normalized spacial score (nSPS) is 17.6. The van der Waals surface area contributed by atoms with E-state index >= 15 is 4.39 Å². The smallest absolute Gasteiger partial charge is 0.258 e. The zero-order valence-corrected chi connectivity index (χ0v) is 29.4. The molecule has 2 aromatic heterocycles. The van der Waals surface area contributed by atoms with Crippen molar-refractivity contribution >= 4 is 34.0 Å². The summed E-state index contributed by atoms with van der Waals surface area (Å²) in [6, 6.07) is 16.6. The van der Waals surface area contributed by atoms with E-state index < -0.39 is 11.4 Å². The Labute approximate surface area is 304 Å². The van der Waals surface area contributed by atoms with Crippen LogP contribution in [0, 0.1) is 11.6 Å². The minimum Gasteiger partial charge on any atom is -0.488 e. The molecule has 274 valence electrons. The van der Waals surface area contributed by atoms with Crippen molar-refractivity contribution in [2.45, 2.75) is 18.4 Å². The second kappa shape index (κ2) is 15.6. The summed E-state index contributed by atoms with van der Waals surface area (Å²) in [5.74, 6) is -0.710. The molecule has 5 aromatic rings. The number of amides is 2. The van der Waals surface area contributed by atoms with Gasteiger partial charge < -0.3 is 24.4 Å². The highest BCUT2D eigenvalue weighted by Gasteiger charge is 2.45. The number of benzene rings is 3. The number of likely N-dealkylation sites (tertiary alicyclic amines) is 1. The van der Waals surface area contributed by atoms with Crippen molar-refractivity contribution in [2.24, 2.45) is 0 Å². The van der Waals surface area contributed by atoms with Gasteiger partial charge in [-0.2, -0.15) is 5.10 Å². The molecular weight excluding hydrogens is 684 g/mol. The zero-order valence-electron chi connectivity index (χ0n) is 29.4. The van der Waals surface area contributed by atoms with E-state index in [9.17, 15) is 14.0 Å². The third-order valence-corrected chi connectivity index (χ3v) is 9.75. The number of carbonyl (C=O) groups excluding carboxylic acids is 2. The van der Waals surface area contributed by atoms with Crippen molar-refractivity contribution in [2.75, 3.05) is 65.5 Å². The Morgan fingerprint density at radius 1 is 0.962 bits per heavy atom. The fraction of sp³-hybridized carbons (Fsp3) is 0.308. The second-order valence-corrected chi connectivity index (χ2v) is 13.0. The van der Waals surface area contributed by atoms with Gasteiger partial charge in [-0.05, 0) is 66.9 Å². The summed E-state index contributed by atoms with van der Waals surface area (Å²) in [5.41, 5.74) is 3.26. The van der Waals surface area contributed by atoms with E-state index in [2.05, 4.69) is 25.5 Å². The highest BCUT2D eigenvalue weighted by molar-refractivity contribution is 6.01. The summed E-state index contributed by atoms with van der Waals surface area (Å²) in [6.45, 7) is 2.19. The van der Waals surface area contributed by atoms with Gasteiger partial charge in [0.15, 0.2) is 23.0 Å². The maximum Gasteiger partial charge on any atom is 0.258 e. The first kappa shape index (κ1) is 35.8. The number of rotatable bonds is 12. The number of nitrogens with one attached hydrogen (secondary N) is 2. The molecule has 0 radical (unpaired) electrons. The molecule has 12 nitrogen and oxygen atoms in total. The van der Waals surface area contributed by atoms with Crippen LogP contribution in [0.5, 0.6) is 5.75 Å². The lowest BCUT2D eigenvalue weighted by Gasteiger charge is -2.30. The quantitative estimate of drug-likeness (QED) is 0.164. The van der Waals surface area contributed by atoms with E-state index in [0.717, 1.165) is 16.5 Å². The predicted octanol–water partition coefficient (Wildman–Crippen LogP) is 5.34. The maximum absolute atomic E-state index is 15.1. The molecular formula is C39H39F2N7O5.